The Kier molecular flexibility index (Phi) is 4.15. The van der Waals surface area contributed by atoms with Crippen molar-refractivity contribution in [3.8, 4) is 0 Å². The van der Waals surface area contributed by atoms with Gasteiger partial charge in [-0.2, -0.15) is 0 Å². The summed E-state index contributed by atoms with van der Waals surface area (Å²) in [4.78, 5) is 17.1. The summed E-state index contributed by atoms with van der Waals surface area (Å²) in [5.74, 6) is 1.09. The molecule has 0 bridgehead atoms. The van der Waals surface area contributed by atoms with Gasteiger partial charge in [-0.05, 0) is 70.5 Å². The predicted octanol–water partition coefficient (Wildman–Crippen LogP) is 4.54. The van der Waals surface area contributed by atoms with Crippen molar-refractivity contribution in [1.82, 2.24) is 9.55 Å². The molecule has 0 saturated heterocycles. The Morgan fingerprint density at radius 1 is 1.40 bits per heavy atom. The zero-order valence-electron chi connectivity index (χ0n) is 11.1. The van der Waals surface area contributed by atoms with Gasteiger partial charge >= 0.3 is 0 Å². The van der Waals surface area contributed by atoms with Crippen LogP contribution in [0.4, 0.5) is 0 Å². The molecule has 106 valence electrons. The van der Waals surface area contributed by atoms with Gasteiger partial charge in [-0.25, -0.2) is 4.98 Å². The third-order valence-electron chi connectivity index (χ3n) is 3.68. The largest absolute Gasteiger partial charge is 0.324 e. The van der Waals surface area contributed by atoms with Crippen LogP contribution in [0.1, 0.15) is 40.4 Å². The van der Waals surface area contributed by atoms with E-state index in [0.29, 0.717) is 6.54 Å². The van der Waals surface area contributed by atoms with Crippen molar-refractivity contribution in [1.29, 1.82) is 0 Å². The average Bonchev–Trinajstić information content (AvgIpc) is 2.90. The van der Waals surface area contributed by atoms with Crippen LogP contribution in [-0.2, 0) is 19.4 Å². The standard InChI is InChI=1S/C14H14Br2N2OS/c1-8-17-10-4-2-3-5-11(10)18(8)7-12(19)9-6-13(15)20-14(9)16/h6H,2-5,7H2,1H3. The minimum atomic E-state index is 0.132. The van der Waals surface area contributed by atoms with E-state index in [0.717, 1.165) is 31.8 Å². The smallest absolute Gasteiger partial charge is 0.184 e. The number of carbonyl (C=O) groups excluding carboxylic acids is 1. The average molecular weight is 418 g/mol. The molecule has 3 rings (SSSR count). The Balaban J connectivity index is 1.90. The molecule has 2 aromatic heterocycles. The fourth-order valence-electron chi connectivity index (χ4n) is 2.70. The number of imidazole rings is 1. The van der Waals surface area contributed by atoms with Gasteiger partial charge in [-0.1, -0.05) is 0 Å². The predicted molar refractivity (Wildman–Crippen MR) is 87.7 cm³/mol. The molecule has 2 aromatic rings. The molecule has 0 fully saturated rings. The molecule has 0 aromatic carbocycles. The summed E-state index contributed by atoms with van der Waals surface area (Å²) in [7, 11) is 0. The van der Waals surface area contributed by atoms with E-state index >= 15 is 0 Å². The number of nitrogens with zero attached hydrogens (tertiary/aromatic N) is 2. The Hall–Kier alpha value is -0.460. The van der Waals surface area contributed by atoms with E-state index in [9.17, 15) is 4.79 Å². The first kappa shape index (κ1) is 14.5. The molecule has 3 nitrogen and oxygen atoms in total. The van der Waals surface area contributed by atoms with Crippen LogP contribution in [0, 0.1) is 6.92 Å². The van der Waals surface area contributed by atoms with Crippen molar-refractivity contribution in [3.63, 3.8) is 0 Å². The van der Waals surface area contributed by atoms with Crippen molar-refractivity contribution in [2.75, 3.05) is 0 Å². The molecule has 0 atom stereocenters. The second-order valence-electron chi connectivity index (χ2n) is 5.01. The monoisotopic (exact) mass is 416 g/mol. The van der Waals surface area contributed by atoms with Crippen molar-refractivity contribution < 1.29 is 4.79 Å². The van der Waals surface area contributed by atoms with Crippen LogP contribution >= 0.6 is 43.2 Å². The maximum atomic E-state index is 12.5. The number of Topliss-reactive ketones (excluding diaryl/α,β-unsaturated/α-hetero) is 1. The fourth-order valence-corrected chi connectivity index (χ4v) is 5.56. The number of halogens is 2. The summed E-state index contributed by atoms with van der Waals surface area (Å²) < 4.78 is 3.95. The molecule has 0 spiro atoms. The molecule has 0 aliphatic heterocycles. The molecule has 2 heterocycles. The quantitative estimate of drug-likeness (QED) is 0.687. The number of hydrogen-bond donors (Lipinski definition) is 0. The van der Waals surface area contributed by atoms with E-state index in [1.54, 1.807) is 0 Å². The molecule has 6 heteroatoms. The maximum absolute atomic E-state index is 12.5. The molecule has 0 saturated carbocycles. The Labute approximate surface area is 138 Å². The van der Waals surface area contributed by atoms with Gasteiger partial charge < -0.3 is 4.57 Å². The number of fused-ring (bicyclic) bond motifs is 1. The summed E-state index contributed by atoms with van der Waals surface area (Å²) >= 11 is 8.41. The molecule has 20 heavy (non-hydrogen) atoms. The highest BCUT2D eigenvalue weighted by Crippen LogP contribution is 2.32. The van der Waals surface area contributed by atoms with Gasteiger partial charge in [0.2, 0.25) is 0 Å². The minimum Gasteiger partial charge on any atom is -0.324 e. The van der Waals surface area contributed by atoms with Crippen LogP contribution < -0.4 is 0 Å². The zero-order chi connectivity index (χ0) is 14.3. The third kappa shape index (κ3) is 2.65. The first-order valence-electron chi connectivity index (χ1n) is 6.59. The number of aromatic nitrogens is 2. The van der Waals surface area contributed by atoms with Crippen molar-refractivity contribution in [3.05, 3.63) is 36.4 Å². The van der Waals surface area contributed by atoms with Crippen molar-refractivity contribution in [2.45, 2.75) is 39.2 Å². The van der Waals surface area contributed by atoms with Crippen LogP contribution in [-0.4, -0.2) is 15.3 Å². The summed E-state index contributed by atoms with van der Waals surface area (Å²) in [5, 5.41) is 0. The molecular formula is C14H14Br2N2OS. The number of ketones is 1. The molecule has 0 amide bonds. The lowest BCUT2D eigenvalue weighted by Gasteiger charge is -2.14. The Morgan fingerprint density at radius 3 is 2.85 bits per heavy atom. The van der Waals surface area contributed by atoms with E-state index in [4.69, 9.17) is 0 Å². The van der Waals surface area contributed by atoms with Gasteiger partial charge in [0.25, 0.3) is 0 Å². The van der Waals surface area contributed by atoms with Gasteiger partial charge in [0, 0.05) is 11.3 Å². The maximum Gasteiger partial charge on any atom is 0.184 e. The second kappa shape index (κ2) is 5.73. The van der Waals surface area contributed by atoms with Gasteiger partial charge in [0.05, 0.1) is 19.8 Å². The second-order valence-corrected chi connectivity index (χ2v) is 8.76. The Bertz CT molecular complexity index is 675. The number of rotatable bonds is 3. The number of carbonyl (C=O) groups is 1. The molecular weight excluding hydrogens is 404 g/mol. The van der Waals surface area contributed by atoms with Crippen LogP contribution in [0.5, 0.6) is 0 Å². The van der Waals surface area contributed by atoms with E-state index in [1.807, 2.05) is 13.0 Å². The van der Waals surface area contributed by atoms with Crippen LogP contribution in [0.2, 0.25) is 0 Å². The molecule has 0 unspecified atom stereocenters. The van der Waals surface area contributed by atoms with Crippen molar-refractivity contribution in [2.24, 2.45) is 0 Å². The minimum absolute atomic E-state index is 0.132. The number of thiophene rings is 1. The summed E-state index contributed by atoms with van der Waals surface area (Å²) in [6.07, 6.45) is 4.49. The van der Waals surface area contributed by atoms with Gasteiger partial charge in [0.15, 0.2) is 5.78 Å². The first-order valence-corrected chi connectivity index (χ1v) is 8.99. The van der Waals surface area contributed by atoms with Crippen molar-refractivity contribution >= 4 is 49.0 Å². The zero-order valence-corrected chi connectivity index (χ0v) is 15.1. The lowest BCUT2D eigenvalue weighted by atomic mass is 10.0. The molecule has 0 radical (unpaired) electrons. The molecule has 0 N–H and O–H groups in total. The first-order chi connectivity index (χ1) is 9.56. The third-order valence-corrected chi connectivity index (χ3v) is 6.02. The fraction of sp³-hybridized carbons (Fsp3) is 0.429. The van der Waals surface area contributed by atoms with Gasteiger partial charge in [-0.15, -0.1) is 11.3 Å². The van der Waals surface area contributed by atoms with Crippen LogP contribution in [0.15, 0.2) is 13.6 Å². The summed E-state index contributed by atoms with van der Waals surface area (Å²) in [6.45, 7) is 2.38. The number of aryl methyl sites for hydroxylation is 2. The van der Waals surface area contributed by atoms with E-state index in [-0.39, 0.29) is 5.78 Å². The number of hydrogen-bond acceptors (Lipinski definition) is 3. The SMILES string of the molecule is Cc1nc2c(n1CC(=O)c1cc(Br)sc1Br)CCCC2. The lowest BCUT2D eigenvalue weighted by molar-refractivity contribution is 0.0970. The normalized spacial score (nSPS) is 14.3. The van der Waals surface area contributed by atoms with Gasteiger partial charge in [-0.3, -0.25) is 4.79 Å². The lowest BCUT2D eigenvalue weighted by Crippen LogP contribution is -2.15. The van der Waals surface area contributed by atoms with Crippen LogP contribution in [0.3, 0.4) is 0 Å². The van der Waals surface area contributed by atoms with Gasteiger partial charge in [0.1, 0.15) is 5.82 Å². The van der Waals surface area contributed by atoms with E-state index in [1.165, 1.54) is 35.6 Å². The van der Waals surface area contributed by atoms with E-state index in [2.05, 4.69) is 41.4 Å². The highest BCUT2D eigenvalue weighted by atomic mass is 79.9. The van der Waals surface area contributed by atoms with Crippen LogP contribution in [0.25, 0.3) is 0 Å². The van der Waals surface area contributed by atoms with E-state index < -0.39 is 0 Å². The summed E-state index contributed by atoms with van der Waals surface area (Å²) in [5.41, 5.74) is 3.19. The molecule has 1 aliphatic rings. The highest BCUT2D eigenvalue weighted by Gasteiger charge is 2.21. The topological polar surface area (TPSA) is 34.9 Å². The highest BCUT2D eigenvalue weighted by molar-refractivity contribution is 9.12. The summed E-state index contributed by atoms with van der Waals surface area (Å²) in [6, 6.07) is 1.88. The Morgan fingerprint density at radius 2 is 2.15 bits per heavy atom. The molecule has 1 aliphatic carbocycles.